The van der Waals surface area contributed by atoms with Crippen molar-refractivity contribution in [3.63, 3.8) is 0 Å². The summed E-state index contributed by atoms with van der Waals surface area (Å²) in [5, 5.41) is 6.69. The number of hydrogen-bond donors (Lipinski definition) is 2. The maximum atomic E-state index is 5.84. The lowest BCUT2D eigenvalue weighted by Crippen LogP contribution is -2.30. The third-order valence-electron chi connectivity index (χ3n) is 3.75. The van der Waals surface area contributed by atoms with E-state index in [2.05, 4.69) is 20.6 Å². The Hall–Kier alpha value is -3.19. The molecule has 1 aliphatic rings. The van der Waals surface area contributed by atoms with E-state index in [1.165, 1.54) is 0 Å². The van der Waals surface area contributed by atoms with Crippen LogP contribution in [0.4, 0.5) is 5.95 Å². The first kappa shape index (κ1) is 17.2. The molecule has 0 bridgehead atoms. The monoisotopic (exact) mass is 378 g/mol. The van der Waals surface area contributed by atoms with Crippen LogP contribution >= 0.6 is 12.2 Å². The van der Waals surface area contributed by atoms with Gasteiger partial charge in [-0.15, -0.1) is 0 Å². The molecule has 0 amide bonds. The van der Waals surface area contributed by atoms with Crippen molar-refractivity contribution >= 4 is 23.3 Å². The number of thiocarbonyl (C=S) groups is 1. The Balaban J connectivity index is 1.57. The minimum absolute atomic E-state index is 0.313. The summed E-state index contributed by atoms with van der Waals surface area (Å²) in [5.74, 6) is 2.38. The number of hydrogen-bond acceptors (Lipinski definition) is 5. The summed E-state index contributed by atoms with van der Waals surface area (Å²) in [4.78, 5) is 8.77. The van der Waals surface area contributed by atoms with Crippen molar-refractivity contribution in [1.82, 2.24) is 15.3 Å². The number of para-hydroxylation sites is 2. The van der Waals surface area contributed by atoms with Gasteiger partial charge in [-0.3, -0.25) is 0 Å². The van der Waals surface area contributed by atoms with Crippen LogP contribution in [0.2, 0.25) is 0 Å². The van der Waals surface area contributed by atoms with Crippen molar-refractivity contribution in [2.24, 2.45) is 0 Å². The van der Waals surface area contributed by atoms with Gasteiger partial charge in [-0.25, -0.2) is 0 Å². The molecule has 136 valence electrons. The predicted octanol–water partition coefficient (Wildman–Crippen LogP) is 4.51. The standard InChI is InChI=1S/C20H18N4O2S/c27-20(21-14-11-12-14)24-19-22-17(25-15-7-3-1-4-8-15)13-18(23-19)26-16-9-5-2-6-10-16/h1-10,13-14H,11-12H2,(H2,21,22,23,24,27). The van der Waals surface area contributed by atoms with Crippen molar-refractivity contribution in [1.29, 1.82) is 0 Å². The Bertz CT molecular complexity index is 858. The van der Waals surface area contributed by atoms with Crippen molar-refractivity contribution in [3.05, 3.63) is 66.7 Å². The predicted molar refractivity (Wildman–Crippen MR) is 107 cm³/mol. The van der Waals surface area contributed by atoms with Gasteiger partial charge in [0.25, 0.3) is 0 Å². The smallest absolute Gasteiger partial charge is 0.235 e. The molecule has 1 fully saturated rings. The van der Waals surface area contributed by atoms with Crippen LogP contribution in [-0.4, -0.2) is 21.1 Å². The molecule has 27 heavy (non-hydrogen) atoms. The molecule has 2 N–H and O–H groups in total. The maximum absolute atomic E-state index is 5.84. The van der Waals surface area contributed by atoms with Crippen LogP contribution < -0.4 is 20.1 Å². The van der Waals surface area contributed by atoms with Crippen LogP contribution in [0.5, 0.6) is 23.3 Å². The number of nitrogens with one attached hydrogen (secondary N) is 2. The Morgan fingerprint density at radius 2 is 1.37 bits per heavy atom. The lowest BCUT2D eigenvalue weighted by molar-refractivity contribution is 0.435. The quantitative estimate of drug-likeness (QED) is 0.612. The normalized spacial score (nSPS) is 12.9. The number of aromatic nitrogens is 2. The molecule has 1 aromatic heterocycles. The van der Waals surface area contributed by atoms with E-state index in [1.54, 1.807) is 6.07 Å². The summed E-state index contributed by atoms with van der Waals surface area (Å²) >= 11 is 5.31. The largest absolute Gasteiger partial charge is 0.439 e. The molecule has 3 aromatic rings. The highest BCUT2D eigenvalue weighted by Gasteiger charge is 2.22. The molecular formula is C20H18N4O2S. The fourth-order valence-electron chi connectivity index (χ4n) is 2.33. The first-order chi connectivity index (χ1) is 13.2. The van der Waals surface area contributed by atoms with Crippen molar-refractivity contribution < 1.29 is 9.47 Å². The summed E-state index contributed by atoms with van der Waals surface area (Å²) in [7, 11) is 0. The molecule has 0 atom stereocenters. The Labute approximate surface area is 162 Å². The number of rotatable bonds is 6. The maximum Gasteiger partial charge on any atom is 0.235 e. The first-order valence-corrected chi connectivity index (χ1v) is 9.08. The van der Waals surface area contributed by atoms with Gasteiger partial charge in [0, 0.05) is 6.04 Å². The minimum atomic E-state index is 0.313. The third kappa shape index (κ3) is 5.15. The number of ether oxygens (including phenoxy) is 2. The van der Waals surface area contributed by atoms with Crippen molar-refractivity contribution in [2.75, 3.05) is 5.32 Å². The fraction of sp³-hybridized carbons (Fsp3) is 0.150. The topological polar surface area (TPSA) is 68.3 Å². The number of anilines is 1. The summed E-state index contributed by atoms with van der Waals surface area (Å²) in [6, 6.07) is 20.9. The molecule has 2 aromatic carbocycles. The Morgan fingerprint density at radius 1 is 0.852 bits per heavy atom. The minimum Gasteiger partial charge on any atom is -0.439 e. The van der Waals surface area contributed by atoms with Crippen LogP contribution in [0.1, 0.15) is 12.8 Å². The lowest BCUT2D eigenvalue weighted by Gasteiger charge is -2.12. The zero-order valence-corrected chi connectivity index (χ0v) is 15.3. The highest BCUT2D eigenvalue weighted by molar-refractivity contribution is 7.80. The van der Waals surface area contributed by atoms with Crippen LogP contribution in [0.25, 0.3) is 0 Å². The van der Waals surface area contributed by atoms with E-state index >= 15 is 0 Å². The zero-order chi connectivity index (χ0) is 18.5. The van der Waals surface area contributed by atoms with Gasteiger partial charge in [-0.2, -0.15) is 9.97 Å². The molecule has 4 rings (SSSR count). The van der Waals surface area contributed by atoms with Crippen LogP contribution in [-0.2, 0) is 0 Å². The molecule has 6 nitrogen and oxygen atoms in total. The summed E-state index contributed by atoms with van der Waals surface area (Å²) < 4.78 is 11.7. The lowest BCUT2D eigenvalue weighted by atomic mass is 10.3. The summed E-state index contributed by atoms with van der Waals surface area (Å²) in [5.41, 5.74) is 0. The average Bonchev–Trinajstić information content (AvgIpc) is 3.47. The second kappa shape index (κ2) is 8.01. The summed E-state index contributed by atoms with van der Waals surface area (Å²) in [6.07, 6.45) is 2.25. The number of benzene rings is 2. The van der Waals surface area contributed by atoms with Crippen molar-refractivity contribution in [2.45, 2.75) is 18.9 Å². The molecule has 1 saturated carbocycles. The molecular weight excluding hydrogens is 360 g/mol. The summed E-state index contributed by atoms with van der Waals surface area (Å²) in [6.45, 7) is 0. The molecule has 0 spiro atoms. The van der Waals surface area contributed by atoms with E-state index in [0.717, 1.165) is 12.8 Å². The van der Waals surface area contributed by atoms with Gasteiger partial charge in [0.05, 0.1) is 6.07 Å². The molecule has 0 radical (unpaired) electrons. The van der Waals surface area contributed by atoms with Crippen LogP contribution in [0.3, 0.4) is 0 Å². The molecule has 1 aliphatic carbocycles. The Morgan fingerprint density at radius 3 is 1.85 bits per heavy atom. The van der Waals surface area contributed by atoms with Gasteiger partial charge in [0.15, 0.2) is 5.11 Å². The van der Waals surface area contributed by atoms with Gasteiger partial charge in [-0.05, 0) is 49.3 Å². The number of nitrogens with zero attached hydrogens (tertiary/aromatic N) is 2. The highest BCUT2D eigenvalue weighted by Crippen LogP contribution is 2.27. The van der Waals surface area contributed by atoms with Gasteiger partial charge < -0.3 is 20.1 Å². The second-order valence-electron chi connectivity index (χ2n) is 6.07. The van der Waals surface area contributed by atoms with E-state index in [0.29, 0.717) is 40.4 Å². The SMILES string of the molecule is S=C(Nc1nc(Oc2ccccc2)cc(Oc2ccccc2)n1)NC1CC1. The van der Waals surface area contributed by atoms with E-state index in [4.69, 9.17) is 21.7 Å². The van der Waals surface area contributed by atoms with Gasteiger partial charge in [0.1, 0.15) is 11.5 Å². The molecule has 7 heteroatoms. The average molecular weight is 378 g/mol. The zero-order valence-electron chi connectivity index (χ0n) is 14.5. The molecule has 0 aliphatic heterocycles. The molecule has 0 saturated heterocycles. The first-order valence-electron chi connectivity index (χ1n) is 8.67. The molecule has 1 heterocycles. The van der Waals surface area contributed by atoms with E-state index in [1.807, 2.05) is 60.7 Å². The van der Waals surface area contributed by atoms with Gasteiger partial charge >= 0.3 is 0 Å². The molecule has 0 unspecified atom stereocenters. The van der Waals surface area contributed by atoms with Crippen molar-refractivity contribution in [3.8, 4) is 23.3 Å². The highest BCUT2D eigenvalue weighted by atomic mass is 32.1. The van der Waals surface area contributed by atoms with Crippen LogP contribution in [0, 0.1) is 0 Å². The van der Waals surface area contributed by atoms with Crippen LogP contribution in [0.15, 0.2) is 66.7 Å². The third-order valence-corrected chi connectivity index (χ3v) is 3.97. The second-order valence-corrected chi connectivity index (χ2v) is 6.48. The van der Waals surface area contributed by atoms with E-state index < -0.39 is 0 Å². The van der Waals surface area contributed by atoms with E-state index in [-0.39, 0.29) is 0 Å². The Kier molecular flexibility index (Phi) is 5.11. The fourth-order valence-corrected chi connectivity index (χ4v) is 2.59. The van der Waals surface area contributed by atoms with Gasteiger partial charge in [-0.1, -0.05) is 36.4 Å². The van der Waals surface area contributed by atoms with E-state index in [9.17, 15) is 0 Å². The van der Waals surface area contributed by atoms with Gasteiger partial charge in [0.2, 0.25) is 17.7 Å².